The fraction of sp³-hybridized carbons (Fsp3) is 0.267. The van der Waals surface area contributed by atoms with E-state index in [1.54, 1.807) is 18.3 Å². The van der Waals surface area contributed by atoms with Crippen LogP contribution >= 0.6 is 0 Å². The van der Waals surface area contributed by atoms with Gasteiger partial charge in [0.1, 0.15) is 5.82 Å². The molecule has 0 amide bonds. The standard InChI is InChI=1S/C15H15F2N3/c16-13-3-1-2-12(15(13)17)11-4-5-19-14(10-11)20-8-6-18-7-9-20/h1-5,10,18H,6-9H2. The molecular formula is C15H15F2N3. The molecular weight excluding hydrogens is 260 g/mol. The van der Waals surface area contributed by atoms with E-state index in [-0.39, 0.29) is 5.56 Å². The zero-order valence-corrected chi connectivity index (χ0v) is 10.9. The summed E-state index contributed by atoms with van der Waals surface area (Å²) in [6.07, 6.45) is 1.64. The number of hydrogen-bond acceptors (Lipinski definition) is 3. The number of halogens is 2. The minimum Gasteiger partial charge on any atom is -0.354 e. The second-order valence-electron chi connectivity index (χ2n) is 4.74. The summed E-state index contributed by atoms with van der Waals surface area (Å²) >= 11 is 0. The Labute approximate surface area is 116 Å². The number of pyridine rings is 1. The van der Waals surface area contributed by atoms with Gasteiger partial charge >= 0.3 is 0 Å². The van der Waals surface area contributed by atoms with Crippen LogP contribution in [0.4, 0.5) is 14.6 Å². The molecule has 0 bridgehead atoms. The second-order valence-corrected chi connectivity index (χ2v) is 4.74. The molecule has 1 aliphatic heterocycles. The highest BCUT2D eigenvalue weighted by Crippen LogP contribution is 2.26. The first-order chi connectivity index (χ1) is 9.75. The Bertz CT molecular complexity index is 610. The van der Waals surface area contributed by atoms with Gasteiger partial charge in [0.2, 0.25) is 0 Å². The van der Waals surface area contributed by atoms with Crippen molar-refractivity contribution in [1.82, 2.24) is 10.3 Å². The Morgan fingerprint density at radius 2 is 1.90 bits per heavy atom. The summed E-state index contributed by atoms with van der Waals surface area (Å²) in [7, 11) is 0. The fourth-order valence-electron chi connectivity index (χ4n) is 2.38. The number of piperazine rings is 1. The molecule has 2 heterocycles. The van der Waals surface area contributed by atoms with E-state index in [4.69, 9.17) is 0 Å². The van der Waals surface area contributed by atoms with Crippen LogP contribution in [0.15, 0.2) is 36.5 Å². The first kappa shape index (κ1) is 13.0. The van der Waals surface area contributed by atoms with Crippen LogP contribution < -0.4 is 10.2 Å². The van der Waals surface area contributed by atoms with E-state index in [0.717, 1.165) is 38.1 Å². The highest BCUT2D eigenvalue weighted by Gasteiger charge is 2.14. The zero-order chi connectivity index (χ0) is 13.9. The Hall–Kier alpha value is -2.01. The molecule has 5 heteroatoms. The van der Waals surface area contributed by atoms with E-state index in [1.807, 2.05) is 6.07 Å². The zero-order valence-electron chi connectivity index (χ0n) is 10.9. The molecule has 2 aromatic rings. The van der Waals surface area contributed by atoms with Gasteiger partial charge in [0.05, 0.1) is 0 Å². The number of hydrogen-bond donors (Lipinski definition) is 1. The molecule has 1 aromatic heterocycles. The molecule has 20 heavy (non-hydrogen) atoms. The highest BCUT2D eigenvalue weighted by atomic mass is 19.2. The van der Waals surface area contributed by atoms with Crippen LogP contribution in [0.25, 0.3) is 11.1 Å². The largest absolute Gasteiger partial charge is 0.354 e. The lowest BCUT2D eigenvalue weighted by Crippen LogP contribution is -2.43. The molecule has 1 saturated heterocycles. The molecule has 3 rings (SSSR count). The van der Waals surface area contributed by atoms with Gasteiger partial charge in [-0.3, -0.25) is 0 Å². The fourth-order valence-corrected chi connectivity index (χ4v) is 2.38. The van der Waals surface area contributed by atoms with Crippen LogP contribution in [0.5, 0.6) is 0 Å². The number of nitrogens with one attached hydrogen (secondary N) is 1. The van der Waals surface area contributed by atoms with Crippen molar-refractivity contribution < 1.29 is 8.78 Å². The quantitative estimate of drug-likeness (QED) is 0.912. The summed E-state index contributed by atoms with van der Waals surface area (Å²) in [5.41, 5.74) is 0.911. The van der Waals surface area contributed by atoms with Crippen molar-refractivity contribution in [1.29, 1.82) is 0 Å². The van der Waals surface area contributed by atoms with E-state index in [1.165, 1.54) is 6.07 Å². The van der Waals surface area contributed by atoms with Gasteiger partial charge in [-0.2, -0.15) is 0 Å². The second kappa shape index (κ2) is 5.54. The van der Waals surface area contributed by atoms with Crippen molar-refractivity contribution in [3.8, 4) is 11.1 Å². The van der Waals surface area contributed by atoms with Gasteiger partial charge in [0, 0.05) is 37.9 Å². The van der Waals surface area contributed by atoms with E-state index >= 15 is 0 Å². The van der Waals surface area contributed by atoms with E-state index in [0.29, 0.717) is 5.56 Å². The molecule has 104 valence electrons. The third kappa shape index (κ3) is 2.49. The highest BCUT2D eigenvalue weighted by molar-refractivity contribution is 5.67. The monoisotopic (exact) mass is 275 g/mol. The van der Waals surface area contributed by atoms with E-state index in [9.17, 15) is 8.78 Å². The van der Waals surface area contributed by atoms with Gasteiger partial charge in [-0.25, -0.2) is 13.8 Å². The van der Waals surface area contributed by atoms with Crippen molar-refractivity contribution in [2.24, 2.45) is 0 Å². The SMILES string of the molecule is Fc1cccc(-c2ccnc(N3CCNCC3)c2)c1F. The summed E-state index contributed by atoms with van der Waals surface area (Å²) in [5, 5.41) is 3.27. The molecule has 3 nitrogen and oxygen atoms in total. The Morgan fingerprint density at radius 3 is 2.70 bits per heavy atom. The lowest BCUT2D eigenvalue weighted by atomic mass is 10.1. The Balaban J connectivity index is 1.96. The van der Waals surface area contributed by atoms with Gasteiger partial charge < -0.3 is 10.2 Å². The Morgan fingerprint density at radius 1 is 1.10 bits per heavy atom. The average molecular weight is 275 g/mol. The summed E-state index contributed by atoms with van der Waals surface area (Å²) in [4.78, 5) is 6.46. The first-order valence-corrected chi connectivity index (χ1v) is 6.62. The molecule has 1 aromatic carbocycles. The molecule has 0 unspecified atom stereocenters. The van der Waals surface area contributed by atoms with Crippen molar-refractivity contribution in [2.45, 2.75) is 0 Å². The lowest BCUT2D eigenvalue weighted by molar-refractivity contribution is 0.511. The van der Waals surface area contributed by atoms with Crippen molar-refractivity contribution in [3.05, 3.63) is 48.2 Å². The van der Waals surface area contributed by atoms with Crippen LogP contribution in [-0.4, -0.2) is 31.2 Å². The molecule has 0 spiro atoms. The minimum absolute atomic E-state index is 0.267. The van der Waals surface area contributed by atoms with Crippen molar-refractivity contribution in [3.63, 3.8) is 0 Å². The smallest absolute Gasteiger partial charge is 0.166 e. The van der Waals surface area contributed by atoms with Gasteiger partial charge in [0.15, 0.2) is 11.6 Å². The number of rotatable bonds is 2. The first-order valence-electron chi connectivity index (χ1n) is 6.62. The Kier molecular flexibility index (Phi) is 3.60. The molecule has 1 N–H and O–H groups in total. The summed E-state index contributed by atoms with van der Waals surface area (Å²) in [6.45, 7) is 3.53. The molecule has 0 radical (unpaired) electrons. The molecule has 1 aliphatic rings. The van der Waals surface area contributed by atoms with E-state index < -0.39 is 11.6 Å². The molecule has 0 saturated carbocycles. The third-order valence-electron chi connectivity index (χ3n) is 3.45. The maximum Gasteiger partial charge on any atom is 0.166 e. The summed E-state index contributed by atoms with van der Waals surface area (Å²) in [5.74, 6) is -0.847. The van der Waals surface area contributed by atoms with Crippen molar-refractivity contribution in [2.75, 3.05) is 31.1 Å². The minimum atomic E-state index is -0.831. The number of anilines is 1. The topological polar surface area (TPSA) is 28.2 Å². The predicted octanol–water partition coefficient (Wildman–Crippen LogP) is 2.44. The van der Waals surface area contributed by atoms with Crippen molar-refractivity contribution >= 4 is 5.82 Å². The maximum absolute atomic E-state index is 13.8. The maximum atomic E-state index is 13.8. The van der Waals surface area contributed by atoms with Gasteiger partial charge in [0.25, 0.3) is 0 Å². The van der Waals surface area contributed by atoms with Gasteiger partial charge in [-0.15, -0.1) is 0 Å². The van der Waals surface area contributed by atoms with Crippen LogP contribution in [0, 0.1) is 11.6 Å². The molecule has 1 fully saturated rings. The third-order valence-corrected chi connectivity index (χ3v) is 3.45. The molecule has 0 atom stereocenters. The van der Waals surface area contributed by atoms with Gasteiger partial charge in [-0.05, 0) is 23.8 Å². The summed E-state index contributed by atoms with van der Waals surface area (Å²) in [6, 6.07) is 7.72. The van der Waals surface area contributed by atoms with Crippen LogP contribution in [0.2, 0.25) is 0 Å². The lowest BCUT2D eigenvalue weighted by Gasteiger charge is -2.28. The van der Waals surface area contributed by atoms with Crippen LogP contribution in [0.1, 0.15) is 0 Å². The summed E-state index contributed by atoms with van der Waals surface area (Å²) < 4.78 is 27.2. The average Bonchev–Trinajstić information content (AvgIpc) is 2.51. The molecule has 0 aliphatic carbocycles. The number of benzene rings is 1. The number of nitrogens with zero attached hydrogens (tertiary/aromatic N) is 2. The predicted molar refractivity (Wildman–Crippen MR) is 74.7 cm³/mol. The van der Waals surface area contributed by atoms with Crippen LogP contribution in [-0.2, 0) is 0 Å². The number of aromatic nitrogens is 1. The van der Waals surface area contributed by atoms with Gasteiger partial charge in [-0.1, -0.05) is 12.1 Å². The van der Waals surface area contributed by atoms with E-state index in [2.05, 4.69) is 15.2 Å². The van der Waals surface area contributed by atoms with Crippen LogP contribution in [0.3, 0.4) is 0 Å². The normalized spacial score (nSPS) is 15.4.